The average Bonchev–Trinajstić information content (AvgIpc) is 3.04. The third kappa shape index (κ3) is 14.9. The van der Waals surface area contributed by atoms with Crippen molar-refractivity contribution in [2.75, 3.05) is 6.54 Å². The molecular weight excluding hydrogens is 586 g/mol. The number of aromatic nitrogens is 1. The van der Waals surface area contributed by atoms with Gasteiger partial charge in [0.1, 0.15) is 18.7 Å². The van der Waals surface area contributed by atoms with Crippen LogP contribution in [-0.4, -0.2) is 64.7 Å². The minimum Gasteiger partial charge on any atom is -0.445 e. The number of pyridine rings is 1. The second-order valence-corrected chi connectivity index (χ2v) is 12.3. The molecule has 2 aromatic rings. The second kappa shape index (κ2) is 20.9. The first-order chi connectivity index (χ1) is 22.0. The van der Waals surface area contributed by atoms with E-state index in [1.807, 2.05) is 65.0 Å². The summed E-state index contributed by atoms with van der Waals surface area (Å²) in [6.07, 6.45) is 2.80. The number of aliphatic hydroxyl groups is 1. The fourth-order valence-corrected chi connectivity index (χ4v) is 4.73. The Morgan fingerprint density at radius 2 is 1.59 bits per heavy atom. The predicted octanol–water partition coefficient (Wildman–Crippen LogP) is 4.04. The highest BCUT2D eigenvalue weighted by Gasteiger charge is 2.31. The maximum Gasteiger partial charge on any atom is 0.408 e. The normalized spacial score (nSPS) is 14.3. The van der Waals surface area contributed by atoms with Gasteiger partial charge in [-0.1, -0.05) is 90.3 Å². The van der Waals surface area contributed by atoms with E-state index >= 15 is 0 Å². The summed E-state index contributed by atoms with van der Waals surface area (Å²) in [5.74, 6) is -0.870. The number of unbranched alkanes of at least 4 members (excludes halogenated alkanes) is 1. The van der Waals surface area contributed by atoms with E-state index in [0.717, 1.165) is 18.4 Å². The highest BCUT2D eigenvalue weighted by Crippen LogP contribution is 2.13. The van der Waals surface area contributed by atoms with Gasteiger partial charge in [-0.15, -0.1) is 0 Å². The topological polar surface area (TPSA) is 159 Å². The van der Waals surface area contributed by atoms with E-state index in [1.165, 1.54) is 0 Å². The molecule has 11 nitrogen and oxygen atoms in total. The van der Waals surface area contributed by atoms with E-state index in [0.29, 0.717) is 37.4 Å². The van der Waals surface area contributed by atoms with Crippen molar-refractivity contribution in [3.8, 4) is 0 Å². The molecule has 0 bridgehead atoms. The average molecular weight is 640 g/mol. The molecule has 0 spiro atoms. The van der Waals surface area contributed by atoms with Gasteiger partial charge in [-0.05, 0) is 42.4 Å². The van der Waals surface area contributed by atoms with E-state index in [4.69, 9.17) is 4.74 Å². The lowest BCUT2D eigenvalue weighted by Crippen LogP contribution is -2.57. The Balaban J connectivity index is 2.15. The van der Waals surface area contributed by atoms with Crippen LogP contribution in [0.25, 0.3) is 0 Å². The monoisotopic (exact) mass is 639 g/mol. The standard InChI is InChI=1S/C35H53N5O6/c1-6-8-17-28(33(43)39-29(19-24(3)4)31(41)21-32(42)37-22-25(5)7-2)38-34(44)30(20-27-16-12-13-18-36-27)40-35(45)46-23-26-14-10-9-11-15-26/h9-16,18,24-25,28-31,41H,6-8,17,19-23H2,1-5H3,(H,37,42)(H,38,44)(H,39,43)(H,40,45)/t25?,28-,29-,30-,31-/m0/s1. The van der Waals surface area contributed by atoms with Crippen LogP contribution in [0.5, 0.6) is 0 Å². The van der Waals surface area contributed by atoms with Crippen LogP contribution < -0.4 is 21.3 Å². The number of rotatable bonds is 20. The van der Waals surface area contributed by atoms with Crippen LogP contribution in [-0.2, 0) is 32.1 Å². The zero-order chi connectivity index (χ0) is 33.9. The van der Waals surface area contributed by atoms with Crippen LogP contribution in [0.2, 0.25) is 0 Å². The molecule has 0 saturated heterocycles. The van der Waals surface area contributed by atoms with E-state index in [1.54, 1.807) is 24.4 Å². The van der Waals surface area contributed by atoms with Gasteiger partial charge < -0.3 is 31.1 Å². The zero-order valence-corrected chi connectivity index (χ0v) is 28.0. The molecule has 0 fully saturated rings. The van der Waals surface area contributed by atoms with Crippen LogP contribution in [0.1, 0.15) is 84.4 Å². The summed E-state index contributed by atoms with van der Waals surface area (Å²) in [5, 5.41) is 22.2. The molecule has 5 N–H and O–H groups in total. The van der Waals surface area contributed by atoms with Crippen LogP contribution in [0.4, 0.5) is 4.79 Å². The van der Waals surface area contributed by atoms with Gasteiger partial charge in [-0.3, -0.25) is 19.4 Å². The molecular formula is C35H53N5O6. The van der Waals surface area contributed by atoms with E-state index in [2.05, 4.69) is 26.3 Å². The van der Waals surface area contributed by atoms with E-state index in [-0.39, 0.29) is 31.3 Å². The molecule has 0 aliphatic heterocycles. The van der Waals surface area contributed by atoms with Crippen molar-refractivity contribution in [1.82, 2.24) is 26.3 Å². The summed E-state index contributed by atoms with van der Waals surface area (Å²) in [5.41, 5.74) is 1.37. The number of aliphatic hydroxyl groups excluding tert-OH is 1. The Kier molecular flexibility index (Phi) is 17.4. The van der Waals surface area contributed by atoms with Crippen molar-refractivity contribution in [1.29, 1.82) is 0 Å². The van der Waals surface area contributed by atoms with Crippen LogP contribution >= 0.6 is 0 Å². The van der Waals surface area contributed by atoms with E-state index < -0.39 is 42.1 Å². The molecule has 46 heavy (non-hydrogen) atoms. The van der Waals surface area contributed by atoms with Gasteiger partial charge in [0.2, 0.25) is 17.7 Å². The number of nitrogens with zero attached hydrogens (tertiary/aromatic N) is 1. The van der Waals surface area contributed by atoms with Gasteiger partial charge in [0.25, 0.3) is 0 Å². The van der Waals surface area contributed by atoms with Gasteiger partial charge in [0.15, 0.2) is 0 Å². The van der Waals surface area contributed by atoms with Crippen molar-refractivity contribution < 1.29 is 29.0 Å². The predicted molar refractivity (Wildman–Crippen MR) is 177 cm³/mol. The number of hydrogen-bond donors (Lipinski definition) is 5. The Hall–Kier alpha value is -3.99. The van der Waals surface area contributed by atoms with Gasteiger partial charge in [0.05, 0.1) is 18.6 Å². The lowest BCUT2D eigenvalue weighted by Gasteiger charge is -2.29. The zero-order valence-electron chi connectivity index (χ0n) is 28.0. The number of carbonyl (C=O) groups excluding carboxylic acids is 4. The first-order valence-electron chi connectivity index (χ1n) is 16.4. The molecule has 11 heteroatoms. The SMILES string of the molecule is CCCC[C@H](NC(=O)[C@H](Cc1ccccn1)NC(=O)OCc1ccccc1)C(=O)N[C@@H](CC(C)C)[C@@H](O)CC(=O)NCC(C)CC. The summed E-state index contributed by atoms with van der Waals surface area (Å²) in [7, 11) is 0. The van der Waals surface area contributed by atoms with Crippen LogP contribution in [0.15, 0.2) is 54.7 Å². The van der Waals surface area contributed by atoms with Crippen LogP contribution in [0.3, 0.4) is 0 Å². The van der Waals surface area contributed by atoms with Gasteiger partial charge in [0, 0.05) is 24.9 Å². The second-order valence-electron chi connectivity index (χ2n) is 12.3. The van der Waals surface area contributed by atoms with Gasteiger partial charge in [-0.2, -0.15) is 0 Å². The Labute approximate surface area is 273 Å². The smallest absolute Gasteiger partial charge is 0.408 e. The number of ether oxygens (including phenoxy) is 1. The van der Waals surface area contributed by atoms with Crippen molar-refractivity contribution >= 4 is 23.8 Å². The molecule has 0 saturated carbocycles. The summed E-state index contributed by atoms with van der Waals surface area (Å²) >= 11 is 0. The minimum absolute atomic E-state index is 0.0291. The molecule has 1 unspecified atom stereocenters. The molecule has 0 aliphatic rings. The maximum absolute atomic E-state index is 13.6. The molecule has 0 aliphatic carbocycles. The number of nitrogens with one attached hydrogen (secondary N) is 4. The number of hydrogen-bond acceptors (Lipinski definition) is 7. The number of carbonyl (C=O) groups is 4. The summed E-state index contributed by atoms with van der Waals surface area (Å²) in [6, 6.07) is 11.8. The highest BCUT2D eigenvalue weighted by molar-refractivity contribution is 5.91. The summed E-state index contributed by atoms with van der Waals surface area (Å²) in [6.45, 7) is 10.5. The number of alkyl carbamates (subject to hydrolysis) is 1. The number of benzene rings is 1. The molecule has 4 amide bonds. The lowest BCUT2D eigenvalue weighted by molar-refractivity contribution is -0.131. The summed E-state index contributed by atoms with van der Waals surface area (Å²) in [4.78, 5) is 56.8. The molecule has 1 aromatic carbocycles. The largest absolute Gasteiger partial charge is 0.445 e. The minimum atomic E-state index is -1.11. The van der Waals surface area contributed by atoms with Crippen molar-refractivity contribution in [2.45, 2.75) is 110 Å². The molecule has 2 rings (SSSR count). The molecule has 254 valence electrons. The maximum atomic E-state index is 13.6. The molecule has 1 aromatic heterocycles. The molecule has 0 radical (unpaired) electrons. The highest BCUT2D eigenvalue weighted by atomic mass is 16.5. The molecule has 5 atom stereocenters. The van der Waals surface area contributed by atoms with Crippen LogP contribution in [0, 0.1) is 11.8 Å². The number of amides is 4. The lowest BCUT2D eigenvalue weighted by atomic mass is 9.96. The van der Waals surface area contributed by atoms with E-state index in [9.17, 15) is 24.3 Å². The first kappa shape index (κ1) is 38.2. The third-order valence-corrected chi connectivity index (χ3v) is 7.70. The Morgan fingerprint density at radius 3 is 2.22 bits per heavy atom. The van der Waals surface area contributed by atoms with Gasteiger partial charge >= 0.3 is 6.09 Å². The van der Waals surface area contributed by atoms with Gasteiger partial charge in [-0.25, -0.2) is 4.79 Å². The Bertz CT molecular complexity index is 1200. The van der Waals surface area contributed by atoms with Crippen molar-refractivity contribution in [3.63, 3.8) is 0 Å². The quantitative estimate of drug-likeness (QED) is 0.146. The summed E-state index contributed by atoms with van der Waals surface area (Å²) < 4.78 is 5.36. The third-order valence-electron chi connectivity index (χ3n) is 7.70. The first-order valence-corrected chi connectivity index (χ1v) is 16.4. The fourth-order valence-electron chi connectivity index (χ4n) is 4.73. The Morgan fingerprint density at radius 1 is 0.891 bits per heavy atom. The molecule has 1 heterocycles. The van der Waals surface area contributed by atoms with Crippen molar-refractivity contribution in [3.05, 3.63) is 66.0 Å². The van der Waals surface area contributed by atoms with Crippen molar-refractivity contribution in [2.24, 2.45) is 11.8 Å². The fraction of sp³-hybridized carbons (Fsp3) is 0.571.